The van der Waals surface area contributed by atoms with E-state index in [1.807, 2.05) is 24.8 Å². The maximum absolute atomic E-state index is 6.25. The molecule has 6 nitrogen and oxygen atoms in total. The maximum Gasteiger partial charge on any atom is 0.0270 e. The summed E-state index contributed by atoms with van der Waals surface area (Å²) in [5.74, 6) is 0. The van der Waals surface area contributed by atoms with Gasteiger partial charge in [-0.05, 0) is 48.2 Å². The molecule has 2 aromatic heterocycles. The Bertz CT molecular complexity index is 463. The fourth-order valence-corrected chi connectivity index (χ4v) is 1.39. The summed E-state index contributed by atoms with van der Waals surface area (Å²) in [6.45, 7) is 9.50. The zero-order valence-corrected chi connectivity index (χ0v) is 19.0. The van der Waals surface area contributed by atoms with Gasteiger partial charge in [0.1, 0.15) is 0 Å². The minimum Gasteiger partial charge on any atom is -0.265 e. The van der Waals surface area contributed by atoms with E-state index in [0.29, 0.717) is 0 Å². The van der Waals surface area contributed by atoms with E-state index in [2.05, 4.69) is 49.1 Å². The molecule has 140 valence electrons. The first-order valence-electron chi connectivity index (χ1n) is 6.68. The smallest absolute Gasteiger partial charge is 0.0270 e. The van der Waals surface area contributed by atoms with Gasteiger partial charge in [-0.3, -0.25) is 9.97 Å². The standard InChI is InChI=1S/C12H12N2.2CN.3CH3.Ag.2H2O.Sn/c1(11-3-7-13-8-4-11)2-12-5-9-14-10-6-12;2*1-2;;;;;;;/h3-10H,1-2H2;;;3*1H3;;2*1H2;/q;2*-1;;;;+1;;;+1. The number of hydrogen-bond acceptors (Lipinski definition) is 4. The molecule has 0 fully saturated rings. The van der Waals surface area contributed by atoms with Crippen LogP contribution in [0.15, 0.2) is 49.1 Å². The van der Waals surface area contributed by atoms with Crippen LogP contribution in [-0.2, 0) is 35.2 Å². The Kier molecular flexibility index (Phi) is 38.6. The van der Waals surface area contributed by atoms with E-state index in [9.17, 15) is 0 Å². The third-order valence-electron chi connectivity index (χ3n) is 2.20. The van der Waals surface area contributed by atoms with E-state index in [1.165, 1.54) is 11.1 Å². The molecule has 25 heavy (non-hydrogen) atoms. The van der Waals surface area contributed by atoms with Crippen LogP contribution in [0.5, 0.6) is 0 Å². The monoisotopic (exact) mass is 544 g/mol. The van der Waals surface area contributed by atoms with Gasteiger partial charge in [0.15, 0.2) is 0 Å². The third kappa shape index (κ3) is 25.1. The molecule has 0 aromatic carbocycles. The van der Waals surface area contributed by atoms with Crippen LogP contribution in [0.1, 0.15) is 11.1 Å². The summed E-state index contributed by atoms with van der Waals surface area (Å²) in [7, 11) is 0. The van der Waals surface area contributed by atoms with E-state index in [0.717, 1.165) is 12.8 Å². The molecule has 0 saturated heterocycles. The Hall–Kier alpha value is -1.26. The summed E-state index contributed by atoms with van der Waals surface area (Å²) in [5, 5.41) is 12.5. The van der Waals surface area contributed by atoms with Crippen molar-refractivity contribution in [2.75, 3.05) is 0 Å². The quantitative estimate of drug-likeness (QED) is 0.433. The Balaban J connectivity index is -0.000000106. The van der Waals surface area contributed by atoms with Crippen molar-refractivity contribution < 1.29 is 33.3 Å². The van der Waals surface area contributed by atoms with Crippen LogP contribution in [-0.4, -0.2) is 40.7 Å². The average molecular weight is 544 g/mol. The molecule has 2 aromatic rings. The molecule has 0 saturated carbocycles. The summed E-state index contributed by atoms with van der Waals surface area (Å²) in [6.07, 6.45) is 9.46. The zero-order valence-electron chi connectivity index (χ0n) is 14.6. The van der Waals surface area contributed by atoms with Gasteiger partial charge in [-0.2, -0.15) is 0 Å². The summed E-state index contributed by atoms with van der Waals surface area (Å²) in [4.78, 5) is 15.1. The molecular formula is C17H25AgN4O2Sn. The van der Waals surface area contributed by atoms with Gasteiger partial charge < -0.3 is 34.6 Å². The predicted octanol–water partition coefficient (Wildman–Crippen LogP) is 2.17. The van der Waals surface area contributed by atoms with Gasteiger partial charge >= 0.3 is 57.0 Å². The molecule has 0 aliphatic heterocycles. The van der Waals surface area contributed by atoms with Crippen molar-refractivity contribution in [2.45, 2.75) is 27.7 Å². The number of aromatic nitrogens is 2. The molecular weight excluding hydrogens is 519 g/mol. The molecule has 0 bridgehead atoms. The zero-order chi connectivity index (χ0) is 17.2. The second-order valence-corrected chi connectivity index (χ2v) is 13.3. The molecule has 8 heteroatoms. The van der Waals surface area contributed by atoms with E-state index in [-0.39, 0.29) is 33.3 Å². The van der Waals surface area contributed by atoms with Crippen molar-refractivity contribution in [3.05, 3.63) is 73.3 Å². The summed E-state index contributed by atoms with van der Waals surface area (Å²) in [6, 6.07) is 8.23. The van der Waals surface area contributed by atoms with E-state index in [4.69, 9.17) is 23.7 Å². The van der Waals surface area contributed by atoms with Crippen molar-refractivity contribution in [1.29, 1.82) is 10.5 Å². The Morgan fingerprint density at radius 1 is 0.720 bits per heavy atom. The van der Waals surface area contributed by atoms with E-state index < -0.39 is 19.8 Å². The van der Waals surface area contributed by atoms with Crippen LogP contribution in [0, 0.1) is 23.7 Å². The van der Waals surface area contributed by atoms with Crippen LogP contribution in [0.3, 0.4) is 0 Å². The van der Waals surface area contributed by atoms with Crippen molar-refractivity contribution >= 4 is 19.8 Å². The van der Waals surface area contributed by atoms with Crippen molar-refractivity contribution in [3.63, 3.8) is 0 Å². The number of aryl methyl sites for hydroxylation is 2. The van der Waals surface area contributed by atoms with Crippen molar-refractivity contribution in [3.8, 4) is 0 Å². The second-order valence-electron chi connectivity index (χ2n) is 4.71. The van der Waals surface area contributed by atoms with Gasteiger partial charge in [0, 0.05) is 24.8 Å². The minimum atomic E-state index is -0.543. The Morgan fingerprint density at radius 2 is 0.920 bits per heavy atom. The fourth-order valence-electron chi connectivity index (χ4n) is 1.39. The molecule has 0 unspecified atom stereocenters. The first kappa shape index (κ1) is 35.0. The van der Waals surface area contributed by atoms with Gasteiger partial charge in [-0.25, -0.2) is 0 Å². The molecule has 0 spiro atoms. The number of rotatable bonds is 3. The van der Waals surface area contributed by atoms with Gasteiger partial charge in [0.2, 0.25) is 0 Å². The second kappa shape index (κ2) is 27.6. The predicted molar refractivity (Wildman–Crippen MR) is 96.4 cm³/mol. The van der Waals surface area contributed by atoms with E-state index in [1.54, 1.807) is 0 Å². The van der Waals surface area contributed by atoms with Crippen LogP contribution in [0.4, 0.5) is 0 Å². The molecule has 2 rings (SSSR count). The third-order valence-corrected chi connectivity index (χ3v) is 2.20. The largest absolute Gasteiger partial charge is 0.265 e. The van der Waals surface area contributed by atoms with Gasteiger partial charge in [-0.1, -0.05) is 0 Å². The molecule has 0 amide bonds. The molecule has 2 heterocycles. The topological polar surface area (TPSA) is 136 Å². The minimum absolute atomic E-state index is 0. The summed E-state index contributed by atoms with van der Waals surface area (Å²) in [5.41, 5.74) is 2.66. The van der Waals surface area contributed by atoms with Gasteiger partial charge in [-0.15, -0.1) is 0 Å². The fraction of sp³-hybridized carbons (Fsp3) is 0.294. The Labute approximate surface area is 173 Å². The molecule has 0 radical (unpaired) electrons. The number of pyridine rings is 2. The van der Waals surface area contributed by atoms with Gasteiger partial charge in [0.25, 0.3) is 0 Å². The number of nitrogens with zero attached hydrogens (tertiary/aromatic N) is 4. The first-order valence-corrected chi connectivity index (χ1v) is 15.2. The average Bonchev–Trinajstić information content (AvgIpc) is 2.58. The number of hydrogen-bond donors (Lipinski definition) is 0. The van der Waals surface area contributed by atoms with Crippen LogP contribution < -0.4 is 0 Å². The normalized spacial score (nSPS) is 6.84. The maximum atomic E-state index is 6.25. The SMILES string of the molecule is O.O.[Ag+].[C-]#N.[C-]#N.[CH3][Sn+]([CH3])[CH3].c1cc(CCc2ccncc2)ccn1. The first-order chi connectivity index (χ1) is 10.7. The van der Waals surface area contributed by atoms with Crippen LogP contribution in [0.25, 0.3) is 0 Å². The summed E-state index contributed by atoms with van der Waals surface area (Å²) >= 11 is -0.543. The van der Waals surface area contributed by atoms with Gasteiger partial charge in [0.05, 0.1) is 0 Å². The molecule has 0 aliphatic carbocycles. The molecule has 0 aliphatic rings. The Morgan fingerprint density at radius 3 is 1.12 bits per heavy atom. The summed E-state index contributed by atoms with van der Waals surface area (Å²) < 4.78 is 0. The van der Waals surface area contributed by atoms with Crippen LogP contribution >= 0.6 is 0 Å². The molecule has 0 atom stereocenters. The van der Waals surface area contributed by atoms with E-state index >= 15 is 0 Å². The van der Waals surface area contributed by atoms with Crippen LogP contribution in [0.2, 0.25) is 14.8 Å². The van der Waals surface area contributed by atoms with Crippen molar-refractivity contribution in [1.82, 2.24) is 9.97 Å². The molecule has 4 N–H and O–H groups in total. The van der Waals surface area contributed by atoms with Crippen molar-refractivity contribution in [2.24, 2.45) is 0 Å².